The Morgan fingerprint density at radius 3 is 1.04 bits per heavy atom. The van der Waals surface area contributed by atoms with E-state index in [-0.39, 0.29) is 0 Å². The van der Waals surface area contributed by atoms with Gasteiger partial charge in [0.2, 0.25) is 5.91 Å². The van der Waals surface area contributed by atoms with Crippen LogP contribution >= 0.6 is 0 Å². The first kappa shape index (κ1) is 47.3. The highest BCUT2D eigenvalue weighted by Gasteiger charge is 2.28. The third kappa shape index (κ3) is 33.8. The number of nitrogens with one attached hydrogen (secondary N) is 1. The molecule has 4 N–H and O–H groups in total. The molecule has 0 aliphatic heterocycles. The molecule has 0 saturated carbocycles. The molecule has 0 saturated heterocycles. The first-order valence-corrected chi connectivity index (χ1v) is 22.4. The number of hydrogen-bond donors (Lipinski definition) is 4. The summed E-state index contributed by atoms with van der Waals surface area (Å²) in [5.74, 6) is -1.44. The van der Waals surface area contributed by atoms with Crippen molar-refractivity contribution in [3.8, 4) is 0 Å². The Hall–Kier alpha value is -0.700. The van der Waals surface area contributed by atoms with E-state index >= 15 is 0 Å². The molecule has 0 spiro atoms. The van der Waals surface area contributed by atoms with Gasteiger partial charge in [0.05, 0.1) is 17.9 Å². The molecule has 1 amide bonds. The molecule has 48 heavy (non-hydrogen) atoms. The number of carbonyl (C=O) groups is 1. The maximum atomic E-state index is 12.6. The molecule has 0 aromatic carbocycles. The topological polar surface area (TPSA) is 124 Å². The van der Waals surface area contributed by atoms with Crippen LogP contribution in [-0.2, 0) is 14.9 Å². The lowest BCUT2D eigenvalue weighted by Crippen LogP contribution is -2.50. The van der Waals surface area contributed by atoms with Crippen molar-refractivity contribution in [3.05, 3.63) is 0 Å². The summed E-state index contributed by atoms with van der Waals surface area (Å²) in [6, 6.07) is -1.14. The highest BCUT2D eigenvalue weighted by Crippen LogP contribution is 2.17. The number of hydrogen-bond acceptors (Lipinski definition) is 5. The van der Waals surface area contributed by atoms with Gasteiger partial charge in [-0.3, -0.25) is 9.35 Å². The predicted molar refractivity (Wildman–Crippen MR) is 204 cm³/mol. The summed E-state index contributed by atoms with van der Waals surface area (Å²) in [7, 11) is -4.40. The molecule has 0 aliphatic carbocycles. The van der Waals surface area contributed by atoms with Crippen molar-refractivity contribution >= 4 is 16.0 Å². The zero-order valence-corrected chi connectivity index (χ0v) is 32.6. The van der Waals surface area contributed by atoms with Crippen LogP contribution in [0.4, 0.5) is 0 Å². The average Bonchev–Trinajstić information content (AvgIpc) is 3.05. The van der Waals surface area contributed by atoms with E-state index in [1.165, 1.54) is 154 Å². The summed E-state index contributed by atoms with van der Waals surface area (Å²) in [6.07, 6.45) is 36.9. The Morgan fingerprint density at radius 1 is 0.479 bits per heavy atom. The minimum atomic E-state index is -4.40. The van der Waals surface area contributed by atoms with Gasteiger partial charge in [0.15, 0.2) is 0 Å². The lowest BCUT2D eigenvalue weighted by atomic mass is 10.0. The first-order chi connectivity index (χ1) is 23.2. The monoisotopic (exact) mass is 704 g/mol. The standard InChI is InChI=1S/C40H81NO6S/c1-3-5-7-9-11-13-15-17-18-19-20-21-22-23-25-27-29-31-33-35-39(43)40(44)41-37(36-48(45,46)47)38(42)34-32-30-28-26-24-16-14-12-10-8-6-4-2/h37-39,42-43H,3-36H2,1-2H3,(H,41,44)(H,45,46,47). The summed E-state index contributed by atoms with van der Waals surface area (Å²) >= 11 is 0. The lowest BCUT2D eigenvalue weighted by molar-refractivity contribution is -0.131. The van der Waals surface area contributed by atoms with Gasteiger partial charge in [0.1, 0.15) is 6.10 Å². The largest absolute Gasteiger partial charge is 0.391 e. The highest BCUT2D eigenvalue weighted by atomic mass is 32.2. The molecule has 0 radical (unpaired) electrons. The van der Waals surface area contributed by atoms with Crippen LogP contribution in [0, 0.1) is 0 Å². The fourth-order valence-electron chi connectivity index (χ4n) is 6.70. The van der Waals surface area contributed by atoms with Crippen molar-refractivity contribution in [2.24, 2.45) is 0 Å². The van der Waals surface area contributed by atoms with Gasteiger partial charge in [-0.05, 0) is 12.8 Å². The third-order valence-corrected chi connectivity index (χ3v) is 10.7. The van der Waals surface area contributed by atoms with Gasteiger partial charge in [-0.15, -0.1) is 0 Å². The van der Waals surface area contributed by atoms with Crippen LogP contribution in [0.3, 0.4) is 0 Å². The van der Waals surface area contributed by atoms with Crippen LogP contribution in [0.25, 0.3) is 0 Å². The van der Waals surface area contributed by atoms with E-state index in [0.29, 0.717) is 12.8 Å². The predicted octanol–water partition coefficient (Wildman–Crippen LogP) is 11.0. The Bertz CT molecular complexity index is 793. The molecule has 7 nitrogen and oxygen atoms in total. The second-order valence-electron chi connectivity index (χ2n) is 14.8. The van der Waals surface area contributed by atoms with Crippen LogP contribution < -0.4 is 5.32 Å². The molecular formula is C40H81NO6S. The second kappa shape index (κ2) is 34.7. The van der Waals surface area contributed by atoms with Crippen molar-refractivity contribution in [1.82, 2.24) is 5.32 Å². The molecule has 3 unspecified atom stereocenters. The minimum absolute atomic E-state index is 0.304. The van der Waals surface area contributed by atoms with Crippen LogP contribution in [-0.4, -0.2) is 53.1 Å². The Labute approximate surface area is 298 Å². The molecule has 0 heterocycles. The maximum absolute atomic E-state index is 12.6. The molecule has 3 atom stereocenters. The normalized spacial score (nSPS) is 13.9. The molecule has 288 valence electrons. The average molecular weight is 704 g/mol. The van der Waals surface area contributed by atoms with Gasteiger partial charge in [-0.1, -0.05) is 213 Å². The Kier molecular flexibility index (Phi) is 34.2. The van der Waals surface area contributed by atoms with Gasteiger partial charge in [0.25, 0.3) is 10.1 Å². The van der Waals surface area contributed by atoms with Crippen molar-refractivity contribution in [1.29, 1.82) is 0 Å². The summed E-state index contributed by atoms with van der Waals surface area (Å²) in [5.41, 5.74) is 0. The van der Waals surface area contributed by atoms with E-state index in [0.717, 1.165) is 44.9 Å². The minimum Gasteiger partial charge on any atom is -0.391 e. The van der Waals surface area contributed by atoms with E-state index in [1.807, 2.05) is 0 Å². The van der Waals surface area contributed by atoms with Crippen molar-refractivity contribution in [2.75, 3.05) is 5.75 Å². The molecule has 0 bridgehead atoms. The van der Waals surface area contributed by atoms with Crippen molar-refractivity contribution < 1.29 is 28.0 Å². The van der Waals surface area contributed by atoms with Crippen molar-refractivity contribution in [3.63, 3.8) is 0 Å². The molecule has 0 rings (SSSR count). The smallest absolute Gasteiger partial charge is 0.266 e. The van der Waals surface area contributed by atoms with E-state index in [1.54, 1.807) is 0 Å². The van der Waals surface area contributed by atoms with Crippen LogP contribution in [0.1, 0.15) is 226 Å². The van der Waals surface area contributed by atoms with Gasteiger partial charge in [-0.25, -0.2) is 0 Å². The zero-order valence-electron chi connectivity index (χ0n) is 31.7. The number of aliphatic hydroxyl groups is 2. The Balaban J connectivity index is 3.90. The lowest BCUT2D eigenvalue weighted by Gasteiger charge is -2.24. The second-order valence-corrected chi connectivity index (χ2v) is 16.3. The Morgan fingerprint density at radius 2 is 0.750 bits per heavy atom. The first-order valence-electron chi connectivity index (χ1n) is 20.8. The number of unbranched alkanes of at least 4 members (excludes halogenated alkanes) is 29. The van der Waals surface area contributed by atoms with Crippen LogP contribution in [0.2, 0.25) is 0 Å². The van der Waals surface area contributed by atoms with E-state index < -0.39 is 40.0 Å². The molecular weight excluding hydrogens is 623 g/mol. The number of amides is 1. The van der Waals surface area contributed by atoms with E-state index in [9.17, 15) is 28.0 Å². The molecule has 0 fully saturated rings. The summed E-state index contributed by atoms with van der Waals surface area (Å²) in [5, 5.41) is 23.5. The van der Waals surface area contributed by atoms with Gasteiger partial charge >= 0.3 is 0 Å². The number of rotatable bonds is 38. The number of aliphatic hydroxyl groups excluding tert-OH is 2. The molecule has 8 heteroatoms. The maximum Gasteiger partial charge on any atom is 0.266 e. The van der Waals surface area contributed by atoms with Crippen LogP contribution in [0.5, 0.6) is 0 Å². The molecule has 0 aromatic heterocycles. The summed E-state index contributed by atoms with van der Waals surface area (Å²) in [6.45, 7) is 4.51. The van der Waals surface area contributed by atoms with Gasteiger partial charge < -0.3 is 15.5 Å². The highest BCUT2D eigenvalue weighted by molar-refractivity contribution is 7.85. The summed E-state index contributed by atoms with van der Waals surface area (Å²) < 4.78 is 32.5. The molecule has 0 aliphatic rings. The third-order valence-electron chi connectivity index (χ3n) is 9.92. The van der Waals surface area contributed by atoms with Crippen LogP contribution in [0.15, 0.2) is 0 Å². The van der Waals surface area contributed by atoms with E-state index in [4.69, 9.17) is 0 Å². The fraction of sp³-hybridized carbons (Fsp3) is 0.975. The zero-order chi connectivity index (χ0) is 35.6. The summed E-state index contributed by atoms with van der Waals surface area (Å²) in [4.78, 5) is 12.6. The van der Waals surface area contributed by atoms with Crippen molar-refractivity contribution in [2.45, 2.75) is 244 Å². The fourth-order valence-corrected chi connectivity index (χ4v) is 7.46. The van der Waals surface area contributed by atoms with E-state index in [2.05, 4.69) is 19.2 Å². The quantitative estimate of drug-likeness (QED) is 0.0375. The SMILES string of the molecule is CCCCCCCCCCCCCCCCCCCCCC(O)C(=O)NC(CS(=O)(=O)O)C(O)CCCCCCCCCCCCCC. The van der Waals surface area contributed by atoms with Gasteiger partial charge in [-0.2, -0.15) is 8.42 Å². The van der Waals surface area contributed by atoms with Gasteiger partial charge in [0, 0.05) is 0 Å². The molecule has 0 aromatic rings. The number of carbonyl (C=O) groups excluding carboxylic acids is 1.